The number of carbonyl (C=O) groups excluding carboxylic acids is 2. The highest BCUT2D eigenvalue weighted by atomic mass is 35.5. The van der Waals surface area contributed by atoms with Gasteiger partial charge in [0.25, 0.3) is 0 Å². The third-order valence-electron chi connectivity index (χ3n) is 3.20. The lowest BCUT2D eigenvalue weighted by molar-refractivity contribution is -0.120. The summed E-state index contributed by atoms with van der Waals surface area (Å²) >= 11 is 6.89. The molecule has 10 heteroatoms. The molecule has 0 aliphatic carbocycles. The number of rotatable bonds is 8. The highest BCUT2D eigenvalue weighted by Crippen LogP contribution is 2.23. The van der Waals surface area contributed by atoms with Crippen LogP contribution in [0.25, 0.3) is 0 Å². The number of amides is 1. The molecule has 0 saturated heterocycles. The number of hydrogen-bond acceptors (Lipinski definition) is 7. The van der Waals surface area contributed by atoms with E-state index in [1.807, 2.05) is 0 Å². The molecule has 150 valence electrons. The summed E-state index contributed by atoms with van der Waals surface area (Å²) < 4.78 is 14.9. The van der Waals surface area contributed by atoms with E-state index in [9.17, 15) is 13.8 Å². The summed E-state index contributed by atoms with van der Waals surface area (Å²) in [5.41, 5.74) is 16.3. The zero-order valence-corrected chi connectivity index (χ0v) is 17.8. The maximum Gasteiger partial charge on any atom is 0.248 e. The Morgan fingerprint density at radius 2 is 1.92 bits per heavy atom. The summed E-state index contributed by atoms with van der Waals surface area (Å²) in [6.45, 7) is 5.94. The Hall–Kier alpha value is -0.970. The van der Waals surface area contributed by atoms with Gasteiger partial charge in [-0.3, -0.25) is 14.3 Å². The molecule has 0 aliphatic heterocycles. The van der Waals surface area contributed by atoms with Crippen molar-refractivity contribution in [2.45, 2.75) is 49.9 Å². The third-order valence-corrected chi connectivity index (χ3v) is 6.66. The second-order valence-corrected chi connectivity index (χ2v) is 9.86. The number of carbonyl (C=O) groups is 2. The number of nitrogens with one attached hydrogen (secondary N) is 1. The Labute approximate surface area is 164 Å². The van der Waals surface area contributed by atoms with Crippen LogP contribution in [0, 0.1) is 5.92 Å². The molecule has 26 heavy (non-hydrogen) atoms. The molecular weight excluding hydrogens is 396 g/mol. The van der Waals surface area contributed by atoms with E-state index in [0.29, 0.717) is 21.6 Å². The van der Waals surface area contributed by atoms with Crippen LogP contribution in [0.4, 0.5) is 0 Å². The molecule has 7 nitrogen and oxygen atoms in total. The van der Waals surface area contributed by atoms with Crippen molar-refractivity contribution in [2.24, 2.45) is 23.1 Å². The van der Waals surface area contributed by atoms with Crippen LogP contribution in [-0.2, 0) is 19.3 Å². The summed E-state index contributed by atoms with van der Waals surface area (Å²) in [5, 5.41) is 2.08. The van der Waals surface area contributed by atoms with E-state index in [4.69, 9.17) is 28.8 Å². The van der Waals surface area contributed by atoms with Crippen molar-refractivity contribution in [1.29, 1.82) is 0 Å². The quantitative estimate of drug-likeness (QED) is 0.461. The molecule has 1 aromatic rings. The topological polar surface area (TPSA) is 141 Å². The summed E-state index contributed by atoms with van der Waals surface area (Å²) in [7, 11) is -2.89. The highest BCUT2D eigenvalue weighted by molar-refractivity contribution is 8.00. The van der Waals surface area contributed by atoms with Gasteiger partial charge in [0.15, 0.2) is 0 Å². The molecule has 3 unspecified atom stereocenters. The summed E-state index contributed by atoms with van der Waals surface area (Å²) in [6, 6.07) is 0.485. The minimum absolute atomic E-state index is 0.0868. The smallest absolute Gasteiger partial charge is 0.248 e. The van der Waals surface area contributed by atoms with Gasteiger partial charge < -0.3 is 17.2 Å². The van der Waals surface area contributed by atoms with E-state index in [2.05, 4.69) is 24.4 Å². The molecule has 7 N–H and O–H groups in total. The van der Waals surface area contributed by atoms with E-state index >= 15 is 0 Å². The fraction of sp³-hybridized carbons (Fsp3) is 0.562. The molecule has 0 bridgehead atoms. The molecule has 0 aromatic carbocycles. The number of Topliss-reactive ketones (excluding diaryl/α,β-unsaturated/α-hetero) is 1. The number of halogens is 1. The fourth-order valence-corrected chi connectivity index (χ4v) is 4.39. The zero-order valence-electron chi connectivity index (χ0n) is 15.4. The van der Waals surface area contributed by atoms with Crippen molar-refractivity contribution in [3.8, 4) is 0 Å². The minimum atomic E-state index is -2.89. The molecule has 1 heterocycles. The molecule has 0 spiro atoms. The second-order valence-electron chi connectivity index (χ2n) is 6.26. The first-order valence-electron chi connectivity index (χ1n) is 8.05. The zero-order chi connectivity index (χ0) is 20.5. The first kappa shape index (κ1) is 25.0. The number of ketones is 1. The second kappa shape index (κ2) is 11.7. The molecular formula is C16H29ClN4O3S2. The average molecular weight is 425 g/mol. The largest absolute Gasteiger partial charge is 0.330 e. The van der Waals surface area contributed by atoms with Gasteiger partial charge in [0.05, 0.1) is 26.8 Å². The van der Waals surface area contributed by atoms with Gasteiger partial charge in [-0.25, -0.2) is 4.21 Å². The fourth-order valence-electron chi connectivity index (χ4n) is 1.74. The maximum absolute atomic E-state index is 12.1. The van der Waals surface area contributed by atoms with E-state index in [1.54, 1.807) is 5.38 Å². The van der Waals surface area contributed by atoms with Crippen molar-refractivity contribution < 1.29 is 13.8 Å². The van der Waals surface area contributed by atoms with Gasteiger partial charge in [-0.2, -0.15) is 0 Å². The Balaban J connectivity index is 0.000000590. The molecule has 1 rings (SSSR count). The first-order valence-corrected chi connectivity index (χ1v) is 11.0. The van der Waals surface area contributed by atoms with Crippen LogP contribution in [0.3, 0.4) is 0 Å². The Morgan fingerprint density at radius 3 is 2.27 bits per heavy atom. The van der Waals surface area contributed by atoms with Gasteiger partial charge in [-0.1, -0.05) is 25.4 Å². The molecule has 0 radical (unpaired) electrons. The van der Waals surface area contributed by atoms with Crippen molar-refractivity contribution in [3.05, 3.63) is 16.5 Å². The predicted molar refractivity (Wildman–Crippen MR) is 111 cm³/mol. The van der Waals surface area contributed by atoms with Crippen molar-refractivity contribution in [3.63, 3.8) is 0 Å². The number of thiophene rings is 1. The SMILES string of the molecule is C=S(=O)(NC(=O)C(N)CCN)c1cc(Cl)cs1.CC(=O)C(N)CC(C)C. The van der Waals surface area contributed by atoms with E-state index in [1.165, 1.54) is 24.3 Å². The third kappa shape index (κ3) is 9.65. The summed E-state index contributed by atoms with van der Waals surface area (Å²) in [5.74, 6) is 3.57. The molecule has 1 aromatic heterocycles. The van der Waals surface area contributed by atoms with Gasteiger partial charge in [0.2, 0.25) is 5.91 Å². The Kier molecular flexibility index (Phi) is 11.2. The lowest BCUT2D eigenvalue weighted by Crippen LogP contribution is -2.44. The normalized spacial score (nSPS) is 15.4. The van der Waals surface area contributed by atoms with Crippen molar-refractivity contribution in [1.82, 2.24) is 4.72 Å². The minimum Gasteiger partial charge on any atom is -0.330 e. The lowest BCUT2D eigenvalue weighted by Gasteiger charge is -2.13. The molecule has 0 saturated carbocycles. The number of nitrogens with two attached hydrogens (primary N) is 3. The van der Waals surface area contributed by atoms with Crippen LogP contribution in [0.15, 0.2) is 15.7 Å². The highest BCUT2D eigenvalue weighted by Gasteiger charge is 2.18. The Morgan fingerprint density at radius 1 is 1.35 bits per heavy atom. The first-order chi connectivity index (χ1) is 11.9. The van der Waals surface area contributed by atoms with Crippen molar-refractivity contribution >= 4 is 50.2 Å². The van der Waals surface area contributed by atoms with Crippen LogP contribution in [0.2, 0.25) is 5.02 Å². The maximum atomic E-state index is 12.1. The van der Waals surface area contributed by atoms with Crippen LogP contribution < -0.4 is 21.9 Å². The van der Waals surface area contributed by atoms with Crippen LogP contribution >= 0.6 is 22.9 Å². The predicted octanol–water partition coefficient (Wildman–Crippen LogP) is 1.13. The van der Waals surface area contributed by atoms with Gasteiger partial charge in [-0.05, 0) is 44.2 Å². The van der Waals surface area contributed by atoms with Crippen LogP contribution in [-0.4, -0.2) is 40.4 Å². The van der Waals surface area contributed by atoms with Gasteiger partial charge in [-0.15, -0.1) is 11.3 Å². The van der Waals surface area contributed by atoms with Crippen LogP contribution in [0.1, 0.15) is 33.6 Å². The van der Waals surface area contributed by atoms with Crippen molar-refractivity contribution in [2.75, 3.05) is 6.54 Å². The average Bonchev–Trinajstić information content (AvgIpc) is 2.94. The van der Waals surface area contributed by atoms with E-state index in [0.717, 1.165) is 6.42 Å². The number of hydrogen-bond donors (Lipinski definition) is 4. The van der Waals surface area contributed by atoms with Gasteiger partial charge in [0.1, 0.15) is 9.99 Å². The van der Waals surface area contributed by atoms with E-state index in [-0.39, 0.29) is 18.4 Å². The van der Waals surface area contributed by atoms with Gasteiger partial charge >= 0.3 is 0 Å². The van der Waals surface area contributed by atoms with Crippen LogP contribution in [0.5, 0.6) is 0 Å². The summed E-state index contributed by atoms with van der Waals surface area (Å²) in [4.78, 5) is 22.1. The summed E-state index contributed by atoms with van der Waals surface area (Å²) in [6.07, 6.45) is 1.13. The molecule has 3 atom stereocenters. The molecule has 1 amide bonds. The lowest BCUT2D eigenvalue weighted by atomic mass is 10.0. The Bertz CT molecular complexity index is 689. The monoisotopic (exact) mass is 424 g/mol. The molecule has 0 fully saturated rings. The molecule has 0 aliphatic rings. The van der Waals surface area contributed by atoms with E-state index < -0.39 is 21.7 Å². The standard InChI is InChI=1S/C9H14ClN3O2S2.C7H15NO/c1-17(15,8-4-6(10)5-16-8)13-9(14)7(12)2-3-11;1-5(2)4-7(8)6(3)9/h4-5,7H,1-3,11-12H2,(H,13,14,15);5,7H,4,8H2,1-3H3. The van der Waals surface area contributed by atoms with Gasteiger partial charge in [0, 0.05) is 5.38 Å².